The first-order chi connectivity index (χ1) is 5.83. The molecule has 0 radical (unpaired) electrons. The summed E-state index contributed by atoms with van der Waals surface area (Å²) < 4.78 is 0. The number of carbonyl (C=O) groups excluding carboxylic acids is 1. The SMILES string of the molecule is CCC(=O)N/N=C/C1=CC=CC1. The lowest BCUT2D eigenvalue weighted by atomic mass is 10.3. The lowest BCUT2D eigenvalue weighted by molar-refractivity contribution is -0.120. The molecule has 0 fully saturated rings. The molecule has 0 spiro atoms. The van der Waals surface area contributed by atoms with Crippen LogP contribution in [0.15, 0.2) is 28.9 Å². The number of nitrogens with one attached hydrogen (secondary N) is 1. The van der Waals surface area contributed by atoms with Crippen molar-refractivity contribution < 1.29 is 4.79 Å². The average Bonchev–Trinajstić information content (AvgIpc) is 2.57. The molecule has 0 aromatic heterocycles. The number of carbonyl (C=O) groups is 1. The van der Waals surface area contributed by atoms with Gasteiger partial charge in [-0.15, -0.1) is 0 Å². The van der Waals surface area contributed by atoms with Crippen molar-refractivity contribution in [1.29, 1.82) is 0 Å². The molecule has 0 bridgehead atoms. The predicted molar refractivity (Wildman–Crippen MR) is 48.8 cm³/mol. The van der Waals surface area contributed by atoms with Crippen LogP contribution in [0.3, 0.4) is 0 Å². The zero-order valence-electron chi connectivity index (χ0n) is 7.08. The van der Waals surface area contributed by atoms with Gasteiger partial charge in [-0.3, -0.25) is 4.79 Å². The van der Waals surface area contributed by atoms with E-state index < -0.39 is 0 Å². The topological polar surface area (TPSA) is 41.5 Å². The van der Waals surface area contributed by atoms with E-state index in [0.29, 0.717) is 6.42 Å². The van der Waals surface area contributed by atoms with Crippen LogP contribution in [0.4, 0.5) is 0 Å². The number of hydrogen-bond acceptors (Lipinski definition) is 2. The lowest BCUT2D eigenvalue weighted by Crippen LogP contribution is -2.15. The Morgan fingerprint density at radius 2 is 2.67 bits per heavy atom. The molecule has 0 saturated carbocycles. The second kappa shape index (κ2) is 4.49. The summed E-state index contributed by atoms with van der Waals surface area (Å²) in [5.41, 5.74) is 3.54. The van der Waals surface area contributed by atoms with E-state index in [0.717, 1.165) is 12.0 Å². The van der Waals surface area contributed by atoms with Crippen molar-refractivity contribution in [1.82, 2.24) is 5.43 Å². The minimum atomic E-state index is -0.0576. The van der Waals surface area contributed by atoms with Gasteiger partial charge in [0.05, 0.1) is 6.21 Å². The van der Waals surface area contributed by atoms with Crippen LogP contribution in [-0.2, 0) is 4.79 Å². The molecule has 1 aliphatic carbocycles. The maximum Gasteiger partial charge on any atom is 0.239 e. The van der Waals surface area contributed by atoms with E-state index in [9.17, 15) is 4.79 Å². The number of hydrazone groups is 1. The Balaban J connectivity index is 2.27. The molecular formula is C9H12N2O. The molecule has 1 N–H and O–H groups in total. The highest BCUT2D eigenvalue weighted by molar-refractivity contribution is 5.82. The second-order valence-electron chi connectivity index (χ2n) is 2.52. The molecule has 1 rings (SSSR count). The van der Waals surface area contributed by atoms with Crippen molar-refractivity contribution in [2.45, 2.75) is 19.8 Å². The second-order valence-corrected chi connectivity index (χ2v) is 2.52. The first kappa shape index (κ1) is 8.71. The third-order valence-corrected chi connectivity index (χ3v) is 1.54. The molecule has 0 saturated heterocycles. The summed E-state index contributed by atoms with van der Waals surface area (Å²) in [6.07, 6.45) is 9.04. The zero-order chi connectivity index (χ0) is 8.81. The predicted octanol–water partition coefficient (Wildman–Crippen LogP) is 1.38. The Morgan fingerprint density at radius 1 is 1.83 bits per heavy atom. The van der Waals surface area contributed by atoms with Crippen LogP contribution in [0.25, 0.3) is 0 Å². The highest BCUT2D eigenvalue weighted by Crippen LogP contribution is 2.06. The van der Waals surface area contributed by atoms with Crippen molar-refractivity contribution in [2.24, 2.45) is 5.10 Å². The van der Waals surface area contributed by atoms with Gasteiger partial charge < -0.3 is 0 Å². The summed E-state index contributed by atoms with van der Waals surface area (Å²) in [6.45, 7) is 1.79. The van der Waals surface area contributed by atoms with Gasteiger partial charge in [0, 0.05) is 6.42 Å². The van der Waals surface area contributed by atoms with Crippen molar-refractivity contribution in [2.75, 3.05) is 0 Å². The fraction of sp³-hybridized carbons (Fsp3) is 0.333. The Bertz CT molecular complexity index is 251. The summed E-state index contributed by atoms with van der Waals surface area (Å²) in [6, 6.07) is 0. The van der Waals surface area contributed by atoms with E-state index in [1.165, 1.54) is 0 Å². The van der Waals surface area contributed by atoms with E-state index in [1.54, 1.807) is 13.1 Å². The normalized spacial score (nSPS) is 15.2. The van der Waals surface area contributed by atoms with E-state index in [4.69, 9.17) is 0 Å². The Hall–Kier alpha value is -1.38. The smallest absolute Gasteiger partial charge is 0.239 e. The number of nitrogens with zero attached hydrogens (tertiary/aromatic N) is 1. The summed E-state index contributed by atoms with van der Waals surface area (Å²) in [5.74, 6) is -0.0576. The maximum absolute atomic E-state index is 10.7. The molecule has 0 aromatic rings. The molecule has 0 heterocycles. The molecule has 1 aliphatic rings. The molecule has 0 unspecified atom stereocenters. The van der Waals surface area contributed by atoms with Crippen molar-refractivity contribution in [3.8, 4) is 0 Å². The molecule has 12 heavy (non-hydrogen) atoms. The van der Waals surface area contributed by atoms with Gasteiger partial charge in [-0.2, -0.15) is 5.10 Å². The van der Waals surface area contributed by atoms with Gasteiger partial charge in [-0.05, 0) is 12.0 Å². The van der Waals surface area contributed by atoms with Gasteiger partial charge in [-0.1, -0.05) is 25.2 Å². The third kappa shape index (κ3) is 2.70. The summed E-state index contributed by atoms with van der Waals surface area (Å²) in [7, 11) is 0. The molecule has 1 amide bonds. The van der Waals surface area contributed by atoms with Crippen LogP contribution >= 0.6 is 0 Å². The van der Waals surface area contributed by atoms with Crippen LogP contribution < -0.4 is 5.43 Å². The van der Waals surface area contributed by atoms with Crippen LogP contribution in [-0.4, -0.2) is 12.1 Å². The van der Waals surface area contributed by atoms with E-state index in [-0.39, 0.29) is 5.91 Å². The van der Waals surface area contributed by atoms with Gasteiger partial charge in [0.25, 0.3) is 0 Å². The van der Waals surface area contributed by atoms with Gasteiger partial charge in [0.2, 0.25) is 5.91 Å². The van der Waals surface area contributed by atoms with Crippen molar-refractivity contribution >= 4 is 12.1 Å². The molecule has 0 aromatic carbocycles. The summed E-state index contributed by atoms with van der Waals surface area (Å²) >= 11 is 0. The lowest BCUT2D eigenvalue weighted by Gasteiger charge is -1.93. The fourth-order valence-electron chi connectivity index (χ4n) is 0.826. The minimum absolute atomic E-state index is 0.0576. The average molecular weight is 164 g/mol. The van der Waals surface area contributed by atoms with Crippen LogP contribution in [0, 0.1) is 0 Å². The number of allylic oxidation sites excluding steroid dienone is 4. The number of hydrogen-bond donors (Lipinski definition) is 1. The molecule has 0 aliphatic heterocycles. The van der Waals surface area contributed by atoms with E-state index in [2.05, 4.69) is 10.5 Å². The Labute approximate surface area is 71.9 Å². The van der Waals surface area contributed by atoms with Crippen LogP contribution in [0.1, 0.15) is 19.8 Å². The van der Waals surface area contributed by atoms with Crippen LogP contribution in [0.5, 0.6) is 0 Å². The Morgan fingerprint density at radius 3 is 3.25 bits per heavy atom. The largest absolute Gasteiger partial charge is 0.273 e. The molecule has 3 nitrogen and oxygen atoms in total. The van der Waals surface area contributed by atoms with E-state index in [1.807, 2.05) is 18.2 Å². The first-order valence-electron chi connectivity index (χ1n) is 4.00. The van der Waals surface area contributed by atoms with Gasteiger partial charge >= 0.3 is 0 Å². The first-order valence-corrected chi connectivity index (χ1v) is 4.00. The van der Waals surface area contributed by atoms with Gasteiger partial charge in [-0.25, -0.2) is 5.43 Å². The Kier molecular flexibility index (Phi) is 3.26. The highest BCUT2D eigenvalue weighted by Gasteiger charge is 1.95. The highest BCUT2D eigenvalue weighted by atomic mass is 16.2. The molecule has 0 atom stereocenters. The number of amides is 1. The molecule has 3 heteroatoms. The van der Waals surface area contributed by atoms with Gasteiger partial charge in [0.1, 0.15) is 0 Å². The molecular weight excluding hydrogens is 152 g/mol. The quantitative estimate of drug-likeness (QED) is 0.497. The summed E-state index contributed by atoms with van der Waals surface area (Å²) in [5, 5.41) is 3.79. The fourth-order valence-corrected chi connectivity index (χ4v) is 0.826. The molecule has 64 valence electrons. The monoisotopic (exact) mass is 164 g/mol. The number of rotatable bonds is 3. The van der Waals surface area contributed by atoms with E-state index >= 15 is 0 Å². The van der Waals surface area contributed by atoms with Gasteiger partial charge in [0.15, 0.2) is 0 Å². The maximum atomic E-state index is 10.7. The zero-order valence-corrected chi connectivity index (χ0v) is 7.08. The van der Waals surface area contributed by atoms with Crippen molar-refractivity contribution in [3.05, 3.63) is 23.8 Å². The standard InChI is InChI=1S/C9H12N2O/c1-2-9(12)11-10-7-8-5-3-4-6-8/h3-5,7H,2,6H2,1H3,(H,11,12)/b10-7+. The third-order valence-electron chi connectivity index (χ3n) is 1.54. The van der Waals surface area contributed by atoms with Crippen LogP contribution in [0.2, 0.25) is 0 Å². The summed E-state index contributed by atoms with van der Waals surface area (Å²) in [4.78, 5) is 10.7. The van der Waals surface area contributed by atoms with Crippen molar-refractivity contribution in [3.63, 3.8) is 0 Å². The minimum Gasteiger partial charge on any atom is -0.273 e.